The number of aliphatic carboxylic acids is 1. The molecule has 1 atom stereocenters. The number of carbonyl (C=O) groups is 1. The van der Waals surface area contributed by atoms with E-state index >= 15 is 0 Å². The van der Waals surface area contributed by atoms with Crippen molar-refractivity contribution in [2.75, 3.05) is 20.1 Å². The Morgan fingerprint density at radius 1 is 1.37 bits per heavy atom. The van der Waals surface area contributed by atoms with Crippen LogP contribution in [0.3, 0.4) is 0 Å². The molecule has 4 nitrogen and oxygen atoms in total. The maximum Gasteiger partial charge on any atom is 0.323 e. The fourth-order valence-corrected chi connectivity index (χ4v) is 3.03. The molecule has 1 fully saturated rings. The molecular formula is C15H30N2O2. The Bertz CT molecular complexity index is 277. The van der Waals surface area contributed by atoms with Crippen LogP contribution < -0.4 is 5.32 Å². The second-order valence-electron chi connectivity index (χ2n) is 6.04. The van der Waals surface area contributed by atoms with Crippen LogP contribution in [-0.2, 0) is 4.79 Å². The monoisotopic (exact) mass is 270 g/mol. The number of hydrogen-bond donors (Lipinski definition) is 2. The van der Waals surface area contributed by atoms with Crippen molar-refractivity contribution in [2.45, 2.75) is 70.4 Å². The predicted molar refractivity (Wildman–Crippen MR) is 78.5 cm³/mol. The molecular weight excluding hydrogens is 240 g/mol. The zero-order valence-corrected chi connectivity index (χ0v) is 12.7. The van der Waals surface area contributed by atoms with E-state index in [1.54, 1.807) is 6.92 Å². The lowest BCUT2D eigenvalue weighted by Crippen LogP contribution is -2.49. The van der Waals surface area contributed by atoms with Crippen LogP contribution in [0.15, 0.2) is 0 Å². The highest BCUT2D eigenvalue weighted by atomic mass is 16.4. The number of hydrogen-bond acceptors (Lipinski definition) is 3. The third-order valence-electron chi connectivity index (χ3n) is 4.42. The van der Waals surface area contributed by atoms with Gasteiger partial charge in [0.15, 0.2) is 0 Å². The van der Waals surface area contributed by atoms with Crippen LogP contribution in [0, 0.1) is 0 Å². The van der Waals surface area contributed by atoms with Gasteiger partial charge in [0, 0.05) is 6.04 Å². The summed E-state index contributed by atoms with van der Waals surface area (Å²) in [5.74, 6) is -0.738. The topological polar surface area (TPSA) is 52.6 Å². The molecule has 0 aromatic heterocycles. The quantitative estimate of drug-likeness (QED) is 0.632. The first-order valence-corrected chi connectivity index (χ1v) is 7.68. The van der Waals surface area contributed by atoms with Crippen LogP contribution in [-0.4, -0.2) is 47.7 Å². The van der Waals surface area contributed by atoms with E-state index in [-0.39, 0.29) is 0 Å². The van der Waals surface area contributed by atoms with Crippen LogP contribution in [0.1, 0.15) is 58.8 Å². The minimum absolute atomic E-state index is 0.699. The molecule has 112 valence electrons. The zero-order valence-electron chi connectivity index (χ0n) is 12.7. The first-order valence-electron chi connectivity index (χ1n) is 7.68. The Balaban J connectivity index is 2.22. The highest BCUT2D eigenvalue weighted by Gasteiger charge is 2.31. The molecule has 0 heterocycles. The van der Waals surface area contributed by atoms with Gasteiger partial charge in [-0.2, -0.15) is 0 Å². The normalized spacial score (nSPS) is 19.8. The Labute approximate surface area is 117 Å². The van der Waals surface area contributed by atoms with Crippen molar-refractivity contribution < 1.29 is 9.90 Å². The number of nitrogens with zero attached hydrogens (tertiary/aromatic N) is 1. The summed E-state index contributed by atoms with van der Waals surface area (Å²) < 4.78 is 0. The Hall–Kier alpha value is -0.610. The number of likely N-dealkylation sites (N-methyl/N-ethyl adjacent to an activating group) is 1. The lowest BCUT2D eigenvalue weighted by Gasteiger charge is -2.27. The van der Waals surface area contributed by atoms with Gasteiger partial charge in [-0.05, 0) is 59.2 Å². The van der Waals surface area contributed by atoms with Crippen molar-refractivity contribution >= 4 is 5.97 Å². The molecule has 2 N–H and O–H groups in total. The number of carboxylic acid groups (broad SMARTS) is 1. The van der Waals surface area contributed by atoms with Gasteiger partial charge in [0.1, 0.15) is 5.54 Å². The van der Waals surface area contributed by atoms with Gasteiger partial charge in [-0.25, -0.2) is 0 Å². The third kappa shape index (κ3) is 5.11. The van der Waals surface area contributed by atoms with Crippen LogP contribution in [0.5, 0.6) is 0 Å². The molecule has 0 amide bonds. The zero-order chi connectivity index (χ0) is 14.3. The van der Waals surface area contributed by atoms with Gasteiger partial charge in [0.25, 0.3) is 0 Å². The molecule has 1 saturated carbocycles. The van der Waals surface area contributed by atoms with E-state index in [1.807, 2.05) is 6.92 Å². The Morgan fingerprint density at radius 3 is 2.53 bits per heavy atom. The van der Waals surface area contributed by atoms with Gasteiger partial charge in [-0.1, -0.05) is 19.8 Å². The molecule has 19 heavy (non-hydrogen) atoms. The number of carboxylic acids is 1. The van der Waals surface area contributed by atoms with Crippen LogP contribution in [0.4, 0.5) is 0 Å². The van der Waals surface area contributed by atoms with Crippen molar-refractivity contribution in [1.29, 1.82) is 0 Å². The van der Waals surface area contributed by atoms with Crippen molar-refractivity contribution in [2.24, 2.45) is 0 Å². The maximum atomic E-state index is 11.3. The van der Waals surface area contributed by atoms with Crippen molar-refractivity contribution in [3.8, 4) is 0 Å². The van der Waals surface area contributed by atoms with Gasteiger partial charge in [-0.15, -0.1) is 0 Å². The summed E-state index contributed by atoms with van der Waals surface area (Å²) in [4.78, 5) is 13.7. The van der Waals surface area contributed by atoms with E-state index in [9.17, 15) is 9.90 Å². The standard InChI is InChI=1S/C15H30N2O2/c1-4-16-15(2,14(18)19)11-7-8-12-17(3)13-9-5-6-10-13/h13,16H,4-12H2,1-3H3,(H,18,19). The highest BCUT2D eigenvalue weighted by Crippen LogP contribution is 2.23. The molecule has 1 aliphatic carbocycles. The SMILES string of the molecule is CCNC(C)(CCCCN(C)C1CCCC1)C(=O)O. The molecule has 0 aromatic carbocycles. The summed E-state index contributed by atoms with van der Waals surface area (Å²) in [5, 5.41) is 12.4. The van der Waals surface area contributed by atoms with Crippen LogP contribution >= 0.6 is 0 Å². The predicted octanol–water partition coefficient (Wildman–Crippen LogP) is 2.48. The average Bonchev–Trinajstić information content (AvgIpc) is 2.88. The molecule has 0 saturated heterocycles. The largest absolute Gasteiger partial charge is 0.480 e. The summed E-state index contributed by atoms with van der Waals surface area (Å²) in [5.41, 5.74) is -0.763. The first-order chi connectivity index (χ1) is 8.99. The van der Waals surface area contributed by atoms with E-state index in [4.69, 9.17) is 0 Å². The molecule has 1 unspecified atom stereocenters. The van der Waals surface area contributed by atoms with Gasteiger partial charge in [0.05, 0.1) is 0 Å². The fraction of sp³-hybridized carbons (Fsp3) is 0.933. The van der Waals surface area contributed by atoms with Crippen LogP contribution in [0.2, 0.25) is 0 Å². The van der Waals surface area contributed by atoms with Gasteiger partial charge >= 0.3 is 5.97 Å². The van der Waals surface area contributed by atoms with Gasteiger partial charge < -0.3 is 15.3 Å². The summed E-state index contributed by atoms with van der Waals surface area (Å²) in [6, 6.07) is 0.764. The summed E-state index contributed by atoms with van der Waals surface area (Å²) in [6.45, 7) is 5.53. The average molecular weight is 270 g/mol. The van der Waals surface area contributed by atoms with E-state index in [1.165, 1.54) is 25.7 Å². The Kier molecular flexibility index (Phi) is 6.80. The smallest absolute Gasteiger partial charge is 0.323 e. The second-order valence-corrected chi connectivity index (χ2v) is 6.04. The molecule has 4 heteroatoms. The minimum Gasteiger partial charge on any atom is -0.480 e. The van der Waals surface area contributed by atoms with E-state index < -0.39 is 11.5 Å². The van der Waals surface area contributed by atoms with Crippen LogP contribution in [0.25, 0.3) is 0 Å². The van der Waals surface area contributed by atoms with Gasteiger partial charge in [0.2, 0.25) is 0 Å². The summed E-state index contributed by atoms with van der Waals surface area (Å²) >= 11 is 0. The molecule has 0 radical (unpaired) electrons. The number of nitrogens with one attached hydrogen (secondary N) is 1. The lowest BCUT2D eigenvalue weighted by atomic mass is 9.94. The molecule has 1 rings (SSSR count). The lowest BCUT2D eigenvalue weighted by molar-refractivity contribution is -0.144. The number of unbranched alkanes of at least 4 members (excludes halogenated alkanes) is 1. The van der Waals surface area contributed by atoms with Crippen molar-refractivity contribution in [3.63, 3.8) is 0 Å². The van der Waals surface area contributed by atoms with E-state index in [0.717, 1.165) is 25.4 Å². The minimum atomic E-state index is -0.763. The fourth-order valence-electron chi connectivity index (χ4n) is 3.03. The summed E-state index contributed by atoms with van der Waals surface area (Å²) in [6.07, 6.45) is 8.16. The highest BCUT2D eigenvalue weighted by molar-refractivity contribution is 5.78. The number of rotatable bonds is 9. The molecule has 0 aromatic rings. The van der Waals surface area contributed by atoms with Gasteiger partial charge in [-0.3, -0.25) is 4.79 Å². The summed E-state index contributed by atoms with van der Waals surface area (Å²) in [7, 11) is 2.21. The molecule has 0 aliphatic heterocycles. The molecule has 0 bridgehead atoms. The first kappa shape index (κ1) is 16.4. The second kappa shape index (κ2) is 7.85. The van der Waals surface area contributed by atoms with Crippen molar-refractivity contribution in [1.82, 2.24) is 10.2 Å². The third-order valence-corrected chi connectivity index (χ3v) is 4.42. The maximum absolute atomic E-state index is 11.3. The molecule has 0 spiro atoms. The van der Waals surface area contributed by atoms with E-state index in [2.05, 4.69) is 17.3 Å². The van der Waals surface area contributed by atoms with Crippen molar-refractivity contribution in [3.05, 3.63) is 0 Å². The molecule has 1 aliphatic rings. The Morgan fingerprint density at radius 2 is 2.00 bits per heavy atom. The van der Waals surface area contributed by atoms with E-state index in [0.29, 0.717) is 13.0 Å².